The molecule has 9 aromatic rings. The van der Waals surface area contributed by atoms with Crippen LogP contribution < -0.4 is 14.5 Å². The van der Waals surface area contributed by atoms with E-state index in [0.717, 1.165) is 52.5 Å². The molecule has 4 saturated carbocycles. The van der Waals surface area contributed by atoms with E-state index in [1.54, 1.807) is 0 Å². The average molecular weight is 931 g/mol. The Morgan fingerprint density at radius 3 is 1.96 bits per heavy atom. The van der Waals surface area contributed by atoms with E-state index in [1.165, 1.54) is 104 Å². The molecule has 5 heteroatoms. The third-order valence-corrected chi connectivity index (χ3v) is 17.6. The molecule has 356 valence electrons. The molecule has 71 heavy (non-hydrogen) atoms. The van der Waals surface area contributed by atoms with Gasteiger partial charge < -0.3 is 14.5 Å². The average Bonchev–Trinajstić information content (AvgIpc) is 3.89. The first-order valence-electron chi connectivity index (χ1n) is 26.6. The monoisotopic (exact) mass is 931 g/mol. The van der Waals surface area contributed by atoms with E-state index in [1.807, 2.05) is 0 Å². The van der Waals surface area contributed by atoms with Crippen LogP contribution in [0.15, 0.2) is 158 Å². The lowest BCUT2D eigenvalue weighted by Crippen LogP contribution is -2.56. The van der Waals surface area contributed by atoms with Crippen molar-refractivity contribution in [2.75, 3.05) is 23.5 Å². The molecule has 14 rings (SSSR count). The first-order valence-corrected chi connectivity index (χ1v) is 26.6. The summed E-state index contributed by atoms with van der Waals surface area (Å²) in [6.07, 6.45) is 8.78. The van der Waals surface area contributed by atoms with Crippen LogP contribution in [0.1, 0.15) is 119 Å². The highest BCUT2D eigenvalue weighted by atomic mass is 16.5. The Bertz CT molecular complexity index is 3480. The minimum Gasteiger partial charge on any atom is -0.457 e. The maximum absolute atomic E-state index is 7.24. The molecule has 0 N–H and O–H groups in total. The Morgan fingerprint density at radius 2 is 1.23 bits per heavy atom. The minimum absolute atomic E-state index is 0.0770. The van der Waals surface area contributed by atoms with E-state index in [-0.39, 0.29) is 5.41 Å². The molecular formula is C66H66N4O. The zero-order chi connectivity index (χ0) is 48.3. The lowest BCUT2D eigenvalue weighted by atomic mass is 9.42. The number of para-hydroxylation sites is 3. The minimum atomic E-state index is -0.0770. The van der Waals surface area contributed by atoms with Crippen LogP contribution in [0.5, 0.6) is 11.5 Å². The summed E-state index contributed by atoms with van der Waals surface area (Å²) in [6, 6.07) is 57.2. The summed E-state index contributed by atoms with van der Waals surface area (Å²) in [5, 5.41) is 5.15. The van der Waals surface area contributed by atoms with Gasteiger partial charge in [-0.2, -0.15) is 0 Å². The number of benzene rings is 7. The first kappa shape index (κ1) is 44.1. The van der Waals surface area contributed by atoms with Gasteiger partial charge in [-0.05, 0) is 178 Å². The summed E-state index contributed by atoms with van der Waals surface area (Å²) in [5.41, 5.74) is 15.4. The van der Waals surface area contributed by atoms with Crippen LogP contribution in [0, 0.1) is 23.7 Å². The number of anilines is 3. The second kappa shape index (κ2) is 16.9. The Balaban J connectivity index is 0.971. The number of aromatic nitrogens is 2. The summed E-state index contributed by atoms with van der Waals surface area (Å²) in [7, 11) is 2.18. The molecule has 0 saturated heterocycles. The quantitative estimate of drug-likeness (QED) is 0.137. The molecule has 4 fully saturated rings. The molecule has 4 aliphatic carbocycles. The third kappa shape index (κ3) is 7.04. The molecule has 0 spiro atoms. The molecule has 0 radical (unpaired) electrons. The molecule has 5 aliphatic rings. The number of rotatable bonds is 10. The predicted molar refractivity (Wildman–Crippen MR) is 296 cm³/mol. The summed E-state index contributed by atoms with van der Waals surface area (Å²) in [6.45, 7) is 14.7. The lowest BCUT2D eigenvalue weighted by molar-refractivity contribution is -0.0412. The fourth-order valence-electron chi connectivity index (χ4n) is 14.6. The van der Waals surface area contributed by atoms with Gasteiger partial charge in [0.2, 0.25) is 0 Å². The van der Waals surface area contributed by atoms with Gasteiger partial charge in [-0.3, -0.25) is 4.57 Å². The van der Waals surface area contributed by atoms with Crippen LogP contribution in [0.3, 0.4) is 0 Å². The predicted octanol–water partition coefficient (Wildman–Crippen LogP) is 17.4. The van der Waals surface area contributed by atoms with E-state index >= 15 is 0 Å². The second-order valence-electron chi connectivity index (χ2n) is 22.7. The zero-order valence-electron chi connectivity index (χ0n) is 42.5. The van der Waals surface area contributed by atoms with E-state index < -0.39 is 0 Å². The molecule has 0 atom stereocenters. The summed E-state index contributed by atoms with van der Waals surface area (Å²) >= 11 is 0. The summed E-state index contributed by atoms with van der Waals surface area (Å²) in [5.74, 6) is 6.62. The summed E-state index contributed by atoms with van der Waals surface area (Å²) in [4.78, 5) is 10.1. The molecule has 4 bridgehead atoms. The van der Waals surface area contributed by atoms with E-state index in [0.29, 0.717) is 29.6 Å². The van der Waals surface area contributed by atoms with Gasteiger partial charge in [0.1, 0.15) is 17.3 Å². The van der Waals surface area contributed by atoms with Crippen molar-refractivity contribution in [3.8, 4) is 28.4 Å². The number of hydrogen-bond donors (Lipinski definition) is 0. The maximum Gasteiger partial charge on any atom is 0.137 e. The highest BCUT2D eigenvalue weighted by Gasteiger charge is 2.59. The first-order chi connectivity index (χ1) is 34.5. The van der Waals surface area contributed by atoms with Gasteiger partial charge in [0.15, 0.2) is 0 Å². The number of ether oxygens (including phenoxy) is 1. The van der Waals surface area contributed by atoms with Crippen molar-refractivity contribution in [2.24, 2.45) is 23.7 Å². The topological polar surface area (TPSA) is 33.5 Å². The van der Waals surface area contributed by atoms with Gasteiger partial charge in [-0.25, -0.2) is 4.98 Å². The molecule has 2 aromatic heterocycles. The molecular weight excluding hydrogens is 865 g/mol. The van der Waals surface area contributed by atoms with Crippen molar-refractivity contribution in [1.82, 2.24) is 9.55 Å². The highest BCUT2D eigenvalue weighted by molar-refractivity contribution is 6.09. The Labute approximate surface area is 420 Å². The smallest absolute Gasteiger partial charge is 0.137 e. The van der Waals surface area contributed by atoms with Gasteiger partial charge in [-0.15, -0.1) is 0 Å². The molecule has 1 aliphatic heterocycles. The van der Waals surface area contributed by atoms with E-state index in [2.05, 4.69) is 221 Å². The Morgan fingerprint density at radius 1 is 0.563 bits per heavy atom. The SMILES string of the molecule is CC(C)c1cc(C(C)C)c(-c2cc(Oc3ccc4c5ccccc5n(-c5cc(C6(c7cccc8ccccc78)C7CC8CC(C7)CC6C8)ccn5)c4c3)cc(N3CN(C)c4ccccc43)c2)c(C(C)C)c1. The fraction of sp³-hybridized carbons (Fsp3) is 0.318. The number of nitrogens with zero attached hydrogens (tertiary/aromatic N) is 4. The van der Waals surface area contributed by atoms with Crippen LogP contribution in [0.25, 0.3) is 49.5 Å². The zero-order valence-corrected chi connectivity index (χ0v) is 42.5. The molecule has 5 nitrogen and oxygen atoms in total. The van der Waals surface area contributed by atoms with Gasteiger partial charge in [0, 0.05) is 47.3 Å². The highest BCUT2D eigenvalue weighted by Crippen LogP contribution is 2.66. The number of hydrogen-bond acceptors (Lipinski definition) is 4. The molecule has 0 amide bonds. The van der Waals surface area contributed by atoms with Crippen molar-refractivity contribution >= 4 is 49.6 Å². The van der Waals surface area contributed by atoms with Crippen LogP contribution >= 0.6 is 0 Å². The van der Waals surface area contributed by atoms with Crippen LogP contribution in [0.4, 0.5) is 17.1 Å². The molecule has 0 unspecified atom stereocenters. The largest absolute Gasteiger partial charge is 0.457 e. The standard InChI is InChI=1S/C66H66N4O/c1-40(2)46-34-57(41(3)4)65(58(35-46)42(5)6)47-32-51(69-39-68(7)61-21-12-13-22-62(61)69)37-53(33-47)71-52-23-24-56-55-18-10-11-20-60(55)70(63(56)38-52)64-36-48(25-26-67-64)66(49-28-43-27-44(30-49)31-50(66)29-43)59-19-14-16-45-15-8-9-17-54(45)59/h8-26,32-38,40-44,49-50H,27-31,39H2,1-7H3. The van der Waals surface area contributed by atoms with Gasteiger partial charge >= 0.3 is 0 Å². The van der Waals surface area contributed by atoms with Crippen LogP contribution in [0.2, 0.25) is 0 Å². The van der Waals surface area contributed by atoms with Crippen molar-refractivity contribution in [3.63, 3.8) is 0 Å². The molecule has 7 aromatic carbocycles. The van der Waals surface area contributed by atoms with Crippen molar-refractivity contribution < 1.29 is 4.74 Å². The Hall–Kier alpha value is -6.85. The second-order valence-corrected chi connectivity index (χ2v) is 22.7. The fourth-order valence-corrected chi connectivity index (χ4v) is 14.6. The van der Waals surface area contributed by atoms with Gasteiger partial charge in [-0.1, -0.05) is 126 Å². The van der Waals surface area contributed by atoms with E-state index in [9.17, 15) is 0 Å². The van der Waals surface area contributed by atoms with Crippen molar-refractivity contribution in [2.45, 2.75) is 96.8 Å². The Kier molecular flexibility index (Phi) is 10.5. The normalized spacial score (nSPS) is 21.5. The summed E-state index contributed by atoms with van der Waals surface area (Å²) < 4.78 is 9.65. The van der Waals surface area contributed by atoms with Crippen molar-refractivity contribution in [1.29, 1.82) is 0 Å². The van der Waals surface area contributed by atoms with E-state index in [4.69, 9.17) is 9.72 Å². The number of pyridine rings is 1. The van der Waals surface area contributed by atoms with Crippen LogP contribution in [-0.2, 0) is 5.41 Å². The van der Waals surface area contributed by atoms with Gasteiger partial charge in [0.05, 0.1) is 29.1 Å². The lowest BCUT2D eigenvalue weighted by Gasteiger charge is -2.62. The third-order valence-electron chi connectivity index (χ3n) is 17.6. The van der Waals surface area contributed by atoms with Gasteiger partial charge in [0.25, 0.3) is 0 Å². The van der Waals surface area contributed by atoms with Crippen LogP contribution in [-0.4, -0.2) is 23.3 Å². The number of fused-ring (bicyclic) bond motifs is 5. The maximum atomic E-state index is 7.24. The van der Waals surface area contributed by atoms with Crippen molar-refractivity contribution in [3.05, 3.63) is 186 Å². The molecule has 3 heterocycles.